The average molecular weight is 420 g/mol. The molecule has 29 heavy (non-hydrogen) atoms. The zero-order valence-corrected chi connectivity index (χ0v) is 17.5. The molecule has 1 atom stereocenters. The minimum absolute atomic E-state index is 0.126. The number of nitrogens with one attached hydrogen (secondary N) is 3. The van der Waals surface area contributed by atoms with Crippen molar-refractivity contribution in [1.29, 1.82) is 0 Å². The predicted octanol–water partition coefficient (Wildman–Crippen LogP) is 2.60. The van der Waals surface area contributed by atoms with Crippen LogP contribution in [0.4, 0.5) is 11.4 Å². The summed E-state index contributed by atoms with van der Waals surface area (Å²) >= 11 is 0. The van der Waals surface area contributed by atoms with Crippen molar-refractivity contribution in [3.8, 4) is 0 Å². The van der Waals surface area contributed by atoms with Gasteiger partial charge in [-0.2, -0.15) is 0 Å². The molecule has 0 fully saturated rings. The molecule has 0 aliphatic heterocycles. The molecule has 3 N–H and O–H groups in total. The first kappa shape index (κ1) is 22.4. The van der Waals surface area contributed by atoms with Crippen LogP contribution in [-0.2, 0) is 19.6 Å². The van der Waals surface area contributed by atoms with Gasteiger partial charge in [0.15, 0.2) is 0 Å². The van der Waals surface area contributed by atoms with Crippen molar-refractivity contribution >= 4 is 33.3 Å². The maximum absolute atomic E-state index is 12.4. The van der Waals surface area contributed by atoms with Gasteiger partial charge in [0.05, 0.1) is 17.6 Å². The summed E-state index contributed by atoms with van der Waals surface area (Å²) in [5.41, 5.74) is 1.56. The number of benzene rings is 2. The van der Waals surface area contributed by atoms with Gasteiger partial charge in [0.2, 0.25) is 15.9 Å². The quantitative estimate of drug-likeness (QED) is 0.567. The Balaban J connectivity index is 1.98. The largest absolute Gasteiger partial charge is 0.465 e. The number of carbonyl (C=O) groups is 2. The number of anilines is 2. The Kier molecular flexibility index (Phi) is 7.35. The molecule has 0 unspecified atom stereocenters. The van der Waals surface area contributed by atoms with E-state index in [0.717, 1.165) is 0 Å². The van der Waals surface area contributed by atoms with E-state index in [2.05, 4.69) is 20.1 Å². The van der Waals surface area contributed by atoms with E-state index in [9.17, 15) is 18.0 Å². The molecule has 0 saturated carbocycles. The van der Waals surface area contributed by atoms with Gasteiger partial charge in [-0.15, -0.1) is 0 Å². The fraction of sp³-hybridized carbons (Fsp3) is 0.300. The van der Waals surface area contributed by atoms with Gasteiger partial charge >= 0.3 is 5.97 Å². The van der Waals surface area contributed by atoms with Gasteiger partial charge in [0, 0.05) is 17.4 Å². The van der Waals surface area contributed by atoms with Crippen LogP contribution < -0.4 is 15.4 Å². The molecule has 156 valence electrons. The van der Waals surface area contributed by atoms with Crippen LogP contribution in [0.3, 0.4) is 0 Å². The molecule has 8 nitrogen and oxygen atoms in total. The predicted molar refractivity (Wildman–Crippen MR) is 111 cm³/mol. The van der Waals surface area contributed by atoms with Crippen LogP contribution in [0.2, 0.25) is 0 Å². The third-order valence-corrected chi connectivity index (χ3v) is 5.58. The maximum atomic E-state index is 12.4. The molecule has 9 heteroatoms. The molecule has 2 rings (SSSR count). The molecule has 0 heterocycles. The van der Waals surface area contributed by atoms with E-state index < -0.39 is 22.0 Å². The van der Waals surface area contributed by atoms with Crippen LogP contribution in [0.25, 0.3) is 0 Å². The zero-order valence-electron chi connectivity index (χ0n) is 16.7. The SMILES string of the molecule is COC(=O)c1ccc(N[C@H](C)C(=O)Nc2ccc(S(=O)(=O)NC(C)C)cc2)cc1. The Bertz CT molecular complexity index is 955. The molecule has 0 aromatic heterocycles. The van der Waals surface area contributed by atoms with Gasteiger partial charge in [-0.1, -0.05) is 0 Å². The highest BCUT2D eigenvalue weighted by molar-refractivity contribution is 7.89. The van der Waals surface area contributed by atoms with Gasteiger partial charge in [0.1, 0.15) is 6.04 Å². The molecule has 0 aliphatic rings. The van der Waals surface area contributed by atoms with Gasteiger partial charge in [-0.25, -0.2) is 17.9 Å². The average Bonchev–Trinajstić information content (AvgIpc) is 2.67. The van der Waals surface area contributed by atoms with Gasteiger partial charge < -0.3 is 15.4 Å². The van der Waals surface area contributed by atoms with Crippen molar-refractivity contribution in [2.75, 3.05) is 17.7 Å². The number of sulfonamides is 1. The van der Waals surface area contributed by atoms with E-state index in [1.54, 1.807) is 45.0 Å². The second-order valence-electron chi connectivity index (χ2n) is 6.72. The van der Waals surface area contributed by atoms with Crippen molar-refractivity contribution in [3.63, 3.8) is 0 Å². The Hall–Kier alpha value is -2.91. The second kappa shape index (κ2) is 9.53. The number of hydrogen-bond donors (Lipinski definition) is 3. The summed E-state index contributed by atoms with van der Waals surface area (Å²) in [7, 11) is -2.27. The van der Waals surface area contributed by atoms with Crippen molar-refractivity contribution in [3.05, 3.63) is 54.1 Å². The lowest BCUT2D eigenvalue weighted by atomic mass is 10.2. The van der Waals surface area contributed by atoms with Gasteiger partial charge in [0.25, 0.3) is 0 Å². The van der Waals surface area contributed by atoms with Crippen LogP contribution in [0, 0.1) is 0 Å². The molecule has 2 aromatic carbocycles. The highest BCUT2D eigenvalue weighted by Gasteiger charge is 2.17. The first-order valence-corrected chi connectivity index (χ1v) is 10.5. The summed E-state index contributed by atoms with van der Waals surface area (Å²) in [5, 5.41) is 5.76. The molecule has 1 amide bonds. The number of carbonyl (C=O) groups excluding carboxylic acids is 2. The third-order valence-electron chi connectivity index (χ3n) is 3.91. The minimum atomic E-state index is -3.58. The van der Waals surface area contributed by atoms with Gasteiger partial charge in [-0.05, 0) is 69.3 Å². The van der Waals surface area contributed by atoms with Crippen LogP contribution in [0.1, 0.15) is 31.1 Å². The van der Waals surface area contributed by atoms with Crippen LogP contribution in [0.5, 0.6) is 0 Å². The lowest BCUT2D eigenvalue weighted by Crippen LogP contribution is -2.32. The smallest absolute Gasteiger partial charge is 0.337 e. The first-order chi connectivity index (χ1) is 13.6. The number of rotatable bonds is 8. The molecular formula is C20H25N3O5S. The van der Waals surface area contributed by atoms with Crippen molar-refractivity contribution < 1.29 is 22.7 Å². The molecule has 0 saturated heterocycles. The van der Waals surface area contributed by atoms with E-state index in [4.69, 9.17) is 0 Å². The molecule has 0 bridgehead atoms. The number of methoxy groups -OCH3 is 1. The fourth-order valence-electron chi connectivity index (χ4n) is 2.48. The second-order valence-corrected chi connectivity index (χ2v) is 8.44. The van der Waals surface area contributed by atoms with Crippen molar-refractivity contribution in [2.45, 2.75) is 37.8 Å². The molecular weight excluding hydrogens is 394 g/mol. The van der Waals surface area contributed by atoms with Crippen LogP contribution >= 0.6 is 0 Å². The number of esters is 1. The van der Waals surface area contributed by atoms with Crippen LogP contribution in [-0.4, -0.2) is 39.5 Å². The standard InChI is InChI=1S/C20H25N3O5S/c1-13(2)23-29(26,27)18-11-9-17(10-12-18)22-19(24)14(3)21-16-7-5-15(6-8-16)20(25)28-4/h5-14,21,23H,1-4H3,(H,22,24)/t14-/m1/s1. The van der Waals surface area contributed by atoms with E-state index in [1.807, 2.05) is 0 Å². The van der Waals surface area contributed by atoms with E-state index in [1.165, 1.54) is 31.4 Å². The Morgan fingerprint density at radius 3 is 1.97 bits per heavy atom. The third kappa shape index (κ3) is 6.30. The summed E-state index contributed by atoms with van der Waals surface area (Å²) in [6.07, 6.45) is 0. The number of ether oxygens (including phenoxy) is 1. The zero-order chi connectivity index (χ0) is 21.6. The van der Waals surface area contributed by atoms with Crippen molar-refractivity contribution in [2.24, 2.45) is 0 Å². The highest BCUT2D eigenvalue weighted by Crippen LogP contribution is 2.16. The highest BCUT2D eigenvalue weighted by atomic mass is 32.2. The topological polar surface area (TPSA) is 114 Å². The monoisotopic (exact) mass is 419 g/mol. The summed E-state index contributed by atoms with van der Waals surface area (Å²) in [5.74, 6) is -0.727. The summed E-state index contributed by atoms with van der Waals surface area (Å²) < 4.78 is 31.4. The summed E-state index contributed by atoms with van der Waals surface area (Å²) in [6.45, 7) is 5.17. The van der Waals surface area contributed by atoms with Gasteiger partial charge in [-0.3, -0.25) is 4.79 Å². The molecule has 0 aliphatic carbocycles. The summed E-state index contributed by atoms with van der Waals surface area (Å²) in [4.78, 5) is 24.0. The lowest BCUT2D eigenvalue weighted by Gasteiger charge is -2.16. The lowest BCUT2D eigenvalue weighted by molar-refractivity contribution is -0.116. The van der Waals surface area contributed by atoms with Crippen molar-refractivity contribution in [1.82, 2.24) is 4.72 Å². The molecule has 0 radical (unpaired) electrons. The first-order valence-electron chi connectivity index (χ1n) is 9.00. The fourth-order valence-corrected chi connectivity index (χ4v) is 3.73. The van der Waals surface area contributed by atoms with E-state index in [-0.39, 0.29) is 16.8 Å². The minimum Gasteiger partial charge on any atom is -0.465 e. The Labute approximate surface area is 170 Å². The number of hydrogen-bond acceptors (Lipinski definition) is 6. The van der Waals surface area contributed by atoms with E-state index >= 15 is 0 Å². The Morgan fingerprint density at radius 2 is 1.45 bits per heavy atom. The van der Waals surface area contributed by atoms with Crippen LogP contribution in [0.15, 0.2) is 53.4 Å². The van der Waals surface area contributed by atoms with E-state index in [0.29, 0.717) is 16.9 Å². The Morgan fingerprint density at radius 1 is 0.897 bits per heavy atom. The summed E-state index contributed by atoms with van der Waals surface area (Å²) in [6, 6.07) is 11.7. The molecule has 0 spiro atoms. The number of amides is 1. The molecule has 2 aromatic rings. The maximum Gasteiger partial charge on any atom is 0.337 e. The normalized spacial score (nSPS) is 12.3.